The van der Waals surface area contributed by atoms with E-state index in [9.17, 15) is 4.79 Å². The molecular formula is C13H18O2. The van der Waals surface area contributed by atoms with Crippen molar-refractivity contribution in [3.63, 3.8) is 0 Å². The van der Waals surface area contributed by atoms with E-state index in [0.717, 1.165) is 24.8 Å². The topological polar surface area (TPSA) is 26.3 Å². The molecule has 0 aliphatic rings. The molecule has 0 amide bonds. The lowest BCUT2D eigenvalue weighted by molar-refractivity contribution is -0.146. The largest absolute Gasteiger partial charge is 0.456 e. The Bertz CT molecular complexity index is 295. The lowest BCUT2D eigenvalue weighted by atomic mass is 9.87. The molecule has 82 valence electrons. The Kier molecular flexibility index (Phi) is 4.35. The van der Waals surface area contributed by atoms with Gasteiger partial charge >= 0.3 is 0 Å². The van der Waals surface area contributed by atoms with Crippen LogP contribution in [0.3, 0.4) is 0 Å². The van der Waals surface area contributed by atoms with E-state index < -0.39 is 5.60 Å². The summed E-state index contributed by atoms with van der Waals surface area (Å²) in [5, 5.41) is 0. The Balaban J connectivity index is 3.02. The first-order valence-corrected chi connectivity index (χ1v) is 5.46. The maximum atomic E-state index is 10.6. The van der Waals surface area contributed by atoms with Gasteiger partial charge in [-0.25, -0.2) is 0 Å². The van der Waals surface area contributed by atoms with Crippen molar-refractivity contribution in [1.82, 2.24) is 0 Å². The smallest absolute Gasteiger partial charge is 0.293 e. The van der Waals surface area contributed by atoms with Gasteiger partial charge in [-0.2, -0.15) is 0 Å². The van der Waals surface area contributed by atoms with Crippen LogP contribution in [0.15, 0.2) is 30.3 Å². The van der Waals surface area contributed by atoms with Crippen LogP contribution < -0.4 is 0 Å². The maximum Gasteiger partial charge on any atom is 0.293 e. The maximum absolute atomic E-state index is 10.6. The fourth-order valence-electron chi connectivity index (χ4n) is 1.97. The molecule has 0 aliphatic carbocycles. The molecule has 1 aromatic rings. The van der Waals surface area contributed by atoms with Gasteiger partial charge in [0.25, 0.3) is 6.47 Å². The van der Waals surface area contributed by atoms with E-state index in [4.69, 9.17) is 4.74 Å². The summed E-state index contributed by atoms with van der Waals surface area (Å²) in [6, 6.07) is 9.95. The molecule has 0 fully saturated rings. The normalized spacial score (nSPS) is 14.3. The van der Waals surface area contributed by atoms with E-state index in [1.165, 1.54) is 0 Å². The van der Waals surface area contributed by atoms with Crippen molar-refractivity contribution < 1.29 is 9.53 Å². The molecule has 1 aromatic carbocycles. The van der Waals surface area contributed by atoms with E-state index >= 15 is 0 Å². The van der Waals surface area contributed by atoms with E-state index in [1.54, 1.807) is 0 Å². The van der Waals surface area contributed by atoms with Crippen LogP contribution in [0.4, 0.5) is 0 Å². The molecule has 0 saturated heterocycles. The molecular weight excluding hydrogens is 188 g/mol. The highest BCUT2D eigenvalue weighted by molar-refractivity contribution is 5.40. The van der Waals surface area contributed by atoms with Crippen molar-refractivity contribution in [2.45, 2.75) is 38.7 Å². The minimum Gasteiger partial charge on any atom is -0.456 e. The standard InChI is InChI=1S/C13H18O2/c1-3-10-13(4-2,15-11-14)12-8-6-5-7-9-12/h5-9,11H,3-4,10H2,1-2H3. The van der Waals surface area contributed by atoms with Crippen molar-refractivity contribution in [2.24, 2.45) is 0 Å². The molecule has 0 aliphatic heterocycles. The molecule has 0 spiro atoms. The highest BCUT2D eigenvalue weighted by Crippen LogP contribution is 2.33. The number of benzene rings is 1. The van der Waals surface area contributed by atoms with Crippen LogP contribution in [0.5, 0.6) is 0 Å². The van der Waals surface area contributed by atoms with Gasteiger partial charge in [0.05, 0.1) is 0 Å². The second kappa shape index (κ2) is 5.54. The average molecular weight is 206 g/mol. The zero-order valence-corrected chi connectivity index (χ0v) is 9.40. The molecule has 2 heteroatoms. The monoisotopic (exact) mass is 206 g/mol. The highest BCUT2D eigenvalue weighted by atomic mass is 16.5. The van der Waals surface area contributed by atoms with Crippen LogP contribution in [0.1, 0.15) is 38.7 Å². The number of carbonyl (C=O) groups is 1. The molecule has 0 bridgehead atoms. The van der Waals surface area contributed by atoms with E-state index in [0.29, 0.717) is 6.47 Å². The Labute approximate surface area is 91.3 Å². The van der Waals surface area contributed by atoms with Gasteiger partial charge < -0.3 is 4.74 Å². The van der Waals surface area contributed by atoms with Gasteiger partial charge in [-0.15, -0.1) is 0 Å². The minimum atomic E-state index is -0.433. The quantitative estimate of drug-likeness (QED) is 0.668. The molecule has 2 nitrogen and oxygen atoms in total. The summed E-state index contributed by atoms with van der Waals surface area (Å²) >= 11 is 0. The SMILES string of the molecule is CCCC(CC)(OC=O)c1ccccc1. The molecule has 1 atom stereocenters. The number of rotatable bonds is 6. The van der Waals surface area contributed by atoms with Gasteiger partial charge in [-0.05, 0) is 18.4 Å². The third kappa shape index (κ3) is 2.58. The van der Waals surface area contributed by atoms with Crippen molar-refractivity contribution in [1.29, 1.82) is 0 Å². The summed E-state index contributed by atoms with van der Waals surface area (Å²) in [5.74, 6) is 0. The zero-order valence-electron chi connectivity index (χ0n) is 9.40. The predicted octanol–water partition coefficient (Wildman–Crippen LogP) is 3.27. The van der Waals surface area contributed by atoms with Crippen LogP contribution >= 0.6 is 0 Å². The van der Waals surface area contributed by atoms with Crippen molar-refractivity contribution in [3.8, 4) is 0 Å². The summed E-state index contributed by atoms with van der Waals surface area (Å²) in [4.78, 5) is 10.6. The first-order chi connectivity index (χ1) is 7.29. The van der Waals surface area contributed by atoms with Crippen LogP contribution in [0.25, 0.3) is 0 Å². The zero-order chi connectivity index (χ0) is 11.1. The van der Waals surface area contributed by atoms with Gasteiger partial charge in [0.2, 0.25) is 0 Å². The highest BCUT2D eigenvalue weighted by Gasteiger charge is 2.30. The van der Waals surface area contributed by atoms with Crippen molar-refractivity contribution >= 4 is 6.47 Å². The third-order valence-electron chi connectivity index (χ3n) is 2.80. The molecule has 0 heterocycles. The number of carbonyl (C=O) groups excluding carboxylic acids is 1. The second-order valence-corrected chi connectivity index (χ2v) is 3.68. The molecule has 0 aromatic heterocycles. The van der Waals surface area contributed by atoms with Gasteiger partial charge in [-0.1, -0.05) is 50.6 Å². The fraction of sp³-hybridized carbons (Fsp3) is 0.462. The van der Waals surface area contributed by atoms with Gasteiger partial charge in [0.15, 0.2) is 0 Å². The summed E-state index contributed by atoms with van der Waals surface area (Å²) < 4.78 is 5.32. The van der Waals surface area contributed by atoms with Crippen molar-refractivity contribution in [3.05, 3.63) is 35.9 Å². The van der Waals surface area contributed by atoms with E-state index in [-0.39, 0.29) is 0 Å². The van der Waals surface area contributed by atoms with Gasteiger partial charge in [0, 0.05) is 0 Å². The van der Waals surface area contributed by atoms with E-state index in [1.807, 2.05) is 37.3 Å². The number of hydrogen-bond donors (Lipinski definition) is 0. The Morgan fingerprint density at radius 2 is 1.93 bits per heavy atom. The lowest BCUT2D eigenvalue weighted by Gasteiger charge is -2.31. The van der Waals surface area contributed by atoms with E-state index in [2.05, 4.69) is 6.92 Å². The summed E-state index contributed by atoms with van der Waals surface area (Å²) in [6.45, 7) is 4.71. The summed E-state index contributed by atoms with van der Waals surface area (Å²) in [7, 11) is 0. The molecule has 1 unspecified atom stereocenters. The van der Waals surface area contributed by atoms with Crippen LogP contribution in [-0.2, 0) is 15.1 Å². The molecule has 15 heavy (non-hydrogen) atoms. The molecule has 0 saturated carbocycles. The number of ether oxygens (including phenoxy) is 1. The Morgan fingerprint density at radius 1 is 1.27 bits per heavy atom. The third-order valence-corrected chi connectivity index (χ3v) is 2.80. The molecule has 0 radical (unpaired) electrons. The number of hydrogen-bond acceptors (Lipinski definition) is 2. The van der Waals surface area contributed by atoms with Gasteiger partial charge in [0.1, 0.15) is 5.60 Å². The van der Waals surface area contributed by atoms with Crippen LogP contribution in [-0.4, -0.2) is 6.47 Å². The Morgan fingerprint density at radius 3 is 2.40 bits per heavy atom. The van der Waals surface area contributed by atoms with Gasteiger partial charge in [-0.3, -0.25) is 4.79 Å². The Hall–Kier alpha value is -1.31. The first kappa shape index (κ1) is 11.8. The lowest BCUT2D eigenvalue weighted by Crippen LogP contribution is -2.28. The molecule has 0 N–H and O–H groups in total. The minimum absolute atomic E-state index is 0.433. The summed E-state index contributed by atoms with van der Waals surface area (Å²) in [6.07, 6.45) is 2.67. The molecule has 1 rings (SSSR count). The summed E-state index contributed by atoms with van der Waals surface area (Å²) in [5.41, 5.74) is 0.652. The first-order valence-electron chi connectivity index (χ1n) is 5.46. The van der Waals surface area contributed by atoms with Crippen molar-refractivity contribution in [2.75, 3.05) is 0 Å². The second-order valence-electron chi connectivity index (χ2n) is 3.68. The fourth-order valence-corrected chi connectivity index (χ4v) is 1.97. The van der Waals surface area contributed by atoms with Crippen LogP contribution in [0, 0.1) is 0 Å². The average Bonchev–Trinajstić information content (AvgIpc) is 2.30. The van der Waals surface area contributed by atoms with Crippen LogP contribution in [0.2, 0.25) is 0 Å². The predicted molar refractivity (Wildman–Crippen MR) is 60.5 cm³/mol.